The van der Waals surface area contributed by atoms with E-state index in [0.29, 0.717) is 31.2 Å². The van der Waals surface area contributed by atoms with Crippen molar-refractivity contribution in [2.45, 2.75) is 67.2 Å². The van der Waals surface area contributed by atoms with Crippen molar-refractivity contribution in [3.63, 3.8) is 0 Å². The molecule has 150 valence electrons. The summed E-state index contributed by atoms with van der Waals surface area (Å²) in [5, 5.41) is 0. The van der Waals surface area contributed by atoms with Gasteiger partial charge in [-0.15, -0.1) is 0 Å². The first-order valence-electron chi connectivity index (χ1n) is 9.41. The molecule has 0 amide bonds. The summed E-state index contributed by atoms with van der Waals surface area (Å²) in [5.41, 5.74) is 0.494. The van der Waals surface area contributed by atoms with Gasteiger partial charge in [0, 0.05) is 35.8 Å². The molecule has 0 saturated carbocycles. The molecule has 0 N–H and O–H groups in total. The van der Waals surface area contributed by atoms with E-state index in [0.717, 1.165) is 6.07 Å². The maximum absolute atomic E-state index is 13.1. The van der Waals surface area contributed by atoms with Crippen LogP contribution in [0, 0.1) is 17.7 Å². The van der Waals surface area contributed by atoms with Crippen LogP contribution >= 0.6 is 0 Å². The van der Waals surface area contributed by atoms with Gasteiger partial charge in [-0.1, -0.05) is 27.7 Å². The van der Waals surface area contributed by atoms with Crippen LogP contribution in [0.4, 0.5) is 4.39 Å². The van der Waals surface area contributed by atoms with Gasteiger partial charge >= 0.3 is 0 Å². The summed E-state index contributed by atoms with van der Waals surface area (Å²) in [7, 11) is 0. The Morgan fingerprint density at radius 1 is 0.963 bits per heavy atom. The highest BCUT2D eigenvalue weighted by molar-refractivity contribution is 6.08. The van der Waals surface area contributed by atoms with E-state index in [2.05, 4.69) is 0 Å². The summed E-state index contributed by atoms with van der Waals surface area (Å²) in [5.74, 6) is -0.604. The summed E-state index contributed by atoms with van der Waals surface area (Å²) < 4.78 is 13.1. The molecule has 0 radical (unpaired) electrons. The second-order valence-electron chi connectivity index (χ2n) is 6.86. The predicted molar refractivity (Wildman–Crippen MR) is 105 cm³/mol. The summed E-state index contributed by atoms with van der Waals surface area (Å²) in [6, 6.07) is 3.71. The normalized spacial score (nSPS) is 12.4. The van der Waals surface area contributed by atoms with Gasteiger partial charge < -0.3 is 0 Å². The van der Waals surface area contributed by atoms with Crippen molar-refractivity contribution >= 4 is 23.1 Å². The fourth-order valence-electron chi connectivity index (χ4n) is 2.24. The summed E-state index contributed by atoms with van der Waals surface area (Å²) in [6.45, 7) is 10.3. The molecule has 2 unspecified atom stereocenters. The molecule has 0 aliphatic rings. The SMILES string of the molecule is CCC(=O)CCC(C)C(C)=O.CCC(C)C(=O)c1cc(F)ccc1C(C)=O. The lowest BCUT2D eigenvalue weighted by molar-refractivity contribution is -0.121. The highest BCUT2D eigenvalue weighted by Gasteiger charge is 2.19. The van der Waals surface area contributed by atoms with Crippen LogP contribution in [0.15, 0.2) is 18.2 Å². The average Bonchev–Trinajstić information content (AvgIpc) is 2.64. The monoisotopic (exact) mass is 378 g/mol. The Morgan fingerprint density at radius 3 is 2.00 bits per heavy atom. The van der Waals surface area contributed by atoms with Crippen molar-refractivity contribution in [1.82, 2.24) is 0 Å². The lowest BCUT2D eigenvalue weighted by atomic mass is 9.92. The Hall–Kier alpha value is -2.17. The van der Waals surface area contributed by atoms with Gasteiger partial charge in [0.05, 0.1) is 0 Å². The topological polar surface area (TPSA) is 68.3 Å². The van der Waals surface area contributed by atoms with Crippen LogP contribution in [0.5, 0.6) is 0 Å². The number of ketones is 4. The first-order valence-corrected chi connectivity index (χ1v) is 9.41. The minimum Gasteiger partial charge on any atom is -0.300 e. The van der Waals surface area contributed by atoms with E-state index in [4.69, 9.17) is 0 Å². The zero-order valence-electron chi connectivity index (χ0n) is 17.2. The summed E-state index contributed by atoms with van der Waals surface area (Å²) in [4.78, 5) is 44.8. The van der Waals surface area contributed by atoms with E-state index >= 15 is 0 Å². The second kappa shape index (κ2) is 12.3. The third kappa shape index (κ3) is 8.85. The highest BCUT2D eigenvalue weighted by atomic mass is 19.1. The van der Waals surface area contributed by atoms with Crippen molar-refractivity contribution in [2.24, 2.45) is 11.8 Å². The molecule has 0 aromatic heterocycles. The Balaban J connectivity index is 0.000000541. The molecule has 0 saturated heterocycles. The van der Waals surface area contributed by atoms with Crippen LogP contribution < -0.4 is 0 Å². The molecular formula is C22H31FO4. The molecule has 1 aromatic carbocycles. The van der Waals surface area contributed by atoms with Crippen LogP contribution in [-0.2, 0) is 9.59 Å². The number of carbonyl (C=O) groups is 4. The molecule has 0 bridgehead atoms. The average molecular weight is 378 g/mol. The molecule has 1 aromatic rings. The number of Topliss-reactive ketones (excluding diaryl/α,β-unsaturated/α-hetero) is 4. The summed E-state index contributed by atoms with van der Waals surface area (Å²) in [6.07, 6.45) is 2.52. The summed E-state index contributed by atoms with van der Waals surface area (Å²) >= 11 is 0. The molecule has 0 aliphatic carbocycles. The van der Waals surface area contributed by atoms with Crippen LogP contribution in [0.3, 0.4) is 0 Å². The quantitative estimate of drug-likeness (QED) is 0.552. The first-order chi connectivity index (χ1) is 12.5. The van der Waals surface area contributed by atoms with Gasteiger partial charge in [0.2, 0.25) is 0 Å². The molecule has 4 nitrogen and oxygen atoms in total. The molecule has 0 spiro atoms. The number of hydrogen-bond donors (Lipinski definition) is 0. The Bertz CT molecular complexity index is 679. The van der Waals surface area contributed by atoms with E-state index < -0.39 is 5.82 Å². The molecule has 5 heteroatoms. The van der Waals surface area contributed by atoms with Crippen LogP contribution in [0.25, 0.3) is 0 Å². The van der Waals surface area contributed by atoms with Crippen LogP contribution in [0.2, 0.25) is 0 Å². The number of rotatable bonds is 9. The minimum absolute atomic E-state index is 0.0468. The predicted octanol–water partition coefficient (Wildman–Crippen LogP) is 5.23. The zero-order valence-corrected chi connectivity index (χ0v) is 17.2. The standard InChI is InChI=1S/C13H15FO2.C9H16O2/c1-4-8(2)13(16)12-7-10(14)5-6-11(12)9(3)15;1-4-9(11)6-5-7(2)8(3)10/h5-8H,4H2,1-3H3;7H,4-6H2,1-3H3. The fourth-order valence-corrected chi connectivity index (χ4v) is 2.24. The van der Waals surface area contributed by atoms with Gasteiger partial charge in [-0.25, -0.2) is 4.39 Å². The van der Waals surface area contributed by atoms with Crippen molar-refractivity contribution in [3.8, 4) is 0 Å². The minimum atomic E-state index is -0.489. The Labute approximate surface area is 161 Å². The van der Waals surface area contributed by atoms with E-state index in [1.54, 1.807) is 13.8 Å². The van der Waals surface area contributed by atoms with E-state index in [-0.39, 0.29) is 40.5 Å². The molecule has 2 atom stereocenters. The van der Waals surface area contributed by atoms with Gasteiger partial charge in [-0.05, 0) is 44.9 Å². The number of hydrogen-bond acceptors (Lipinski definition) is 4. The van der Waals surface area contributed by atoms with Gasteiger partial charge in [0.15, 0.2) is 11.6 Å². The van der Waals surface area contributed by atoms with Crippen LogP contribution in [-0.4, -0.2) is 23.1 Å². The lowest BCUT2D eigenvalue weighted by Gasteiger charge is -2.10. The third-order valence-electron chi connectivity index (χ3n) is 4.63. The maximum Gasteiger partial charge on any atom is 0.166 e. The van der Waals surface area contributed by atoms with Gasteiger partial charge in [-0.2, -0.15) is 0 Å². The second-order valence-corrected chi connectivity index (χ2v) is 6.86. The van der Waals surface area contributed by atoms with Crippen molar-refractivity contribution in [2.75, 3.05) is 0 Å². The van der Waals surface area contributed by atoms with Gasteiger partial charge in [0.25, 0.3) is 0 Å². The largest absolute Gasteiger partial charge is 0.300 e. The highest BCUT2D eigenvalue weighted by Crippen LogP contribution is 2.18. The lowest BCUT2D eigenvalue weighted by Crippen LogP contribution is -2.14. The molecule has 1 rings (SSSR count). The number of carbonyl (C=O) groups excluding carboxylic acids is 4. The van der Waals surface area contributed by atoms with Gasteiger partial charge in [-0.3, -0.25) is 19.2 Å². The third-order valence-corrected chi connectivity index (χ3v) is 4.63. The van der Waals surface area contributed by atoms with Crippen molar-refractivity contribution < 1.29 is 23.6 Å². The first kappa shape index (κ1) is 24.8. The number of halogens is 1. The molecule has 0 heterocycles. The smallest absolute Gasteiger partial charge is 0.166 e. The maximum atomic E-state index is 13.1. The molecular weight excluding hydrogens is 347 g/mol. The van der Waals surface area contributed by atoms with Crippen LogP contribution in [0.1, 0.15) is 87.9 Å². The molecule has 27 heavy (non-hydrogen) atoms. The zero-order chi connectivity index (χ0) is 21.1. The molecule has 0 aliphatic heterocycles. The van der Waals surface area contributed by atoms with E-state index in [9.17, 15) is 23.6 Å². The Morgan fingerprint density at radius 2 is 1.56 bits per heavy atom. The fraction of sp³-hybridized carbons (Fsp3) is 0.545. The van der Waals surface area contributed by atoms with Crippen molar-refractivity contribution in [1.29, 1.82) is 0 Å². The number of benzene rings is 1. The van der Waals surface area contributed by atoms with E-state index in [1.807, 2.05) is 20.8 Å². The Kier molecular flexibility index (Phi) is 11.3. The van der Waals surface area contributed by atoms with Crippen molar-refractivity contribution in [3.05, 3.63) is 35.1 Å². The van der Waals surface area contributed by atoms with Gasteiger partial charge in [0.1, 0.15) is 17.4 Å². The van der Waals surface area contributed by atoms with E-state index in [1.165, 1.54) is 19.1 Å². The molecule has 0 fully saturated rings.